The van der Waals surface area contributed by atoms with Gasteiger partial charge < -0.3 is 42.6 Å². The van der Waals surface area contributed by atoms with Crippen molar-refractivity contribution in [3.63, 3.8) is 0 Å². The number of hydrogen-bond donors (Lipinski definition) is 0. The van der Waals surface area contributed by atoms with Crippen LogP contribution >= 0.6 is 0 Å². The second-order valence-corrected chi connectivity index (χ2v) is 12.9. The maximum atomic E-state index is 5.69. The Kier molecular flexibility index (Phi) is 47.3. The minimum Gasteiger partial charge on any atom is -0.379 e. The van der Waals surface area contributed by atoms with Crippen molar-refractivity contribution in [1.29, 1.82) is 0 Å². The van der Waals surface area contributed by atoms with Gasteiger partial charge in [0.25, 0.3) is 0 Å². The van der Waals surface area contributed by atoms with Gasteiger partial charge in [-0.15, -0.1) is 0 Å². The van der Waals surface area contributed by atoms with Crippen molar-refractivity contribution >= 4 is 0 Å². The van der Waals surface area contributed by atoms with Crippen molar-refractivity contribution in [3.8, 4) is 0 Å². The first-order chi connectivity index (χ1) is 24.4. The summed E-state index contributed by atoms with van der Waals surface area (Å²) in [5.74, 6) is 0. The van der Waals surface area contributed by atoms with E-state index in [-0.39, 0.29) is 0 Å². The van der Waals surface area contributed by atoms with Crippen LogP contribution in [-0.4, -0.2) is 119 Å². The molecule has 49 heavy (non-hydrogen) atoms. The molecule has 0 aromatic heterocycles. The fourth-order valence-corrected chi connectivity index (χ4v) is 5.24. The standard InChI is InChI=1S/C40H82O9/c1-3-5-7-9-11-12-13-14-15-16-17-18-20-22-24-42-26-28-44-30-32-46-34-36-48-38-40-49-39-37-47-35-33-45-31-29-43-27-25-41-23-21-19-10-8-6-4-2/h3-40H2,1-2H3. The molecule has 0 N–H and O–H groups in total. The minimum absolute atomic E-state index is 0.544. The van der Waals surface area contributed by atoms with Gasteiger partial charge in [-0.2, -0.15) is 0 Å². The van der Waals surface area contributed by atoms with E-state index in [1.165, 1.54) is 116 Å². The summed E-state index contributed by atoms with van der Waals surface area (Å²) in [5, 5.41) is 0. The van der Waals surface area contributed by atoms with Gasteiger partial charge in [-0.05, 0) is 12.8 Å². The normalized spacial score (nSPS) is 11.6. The van der Waals surface area contributed by atoms with E-state index < -0.39 is 0 Å². The highest BCUT2D eigenvalue weighted by Crippen LogP contribution is 2.13. The highest BCUT2D eigenvalue weighted by Gasteiger charge is 1.98. The van der Waals surface area contributed by atoms with E-state index in [1.54, 1.807) is 0 Å². The van der Waals surface area contributed by atoms with Crippen molar-refractivity contribution in [1.82, 2.24) is 0 Å². The van der Waals surface area contributed by atoms with Crippen LogP contribution in [0.4, 0.5) is 0 Å². The number of ether oxygens (including phenoxy) is 9. The number of unbranched alkanes of at least 4 members (excludes halogenated alkanes) is 18. The van der Waals surface area contributed by atoms with Gasteiger partial charge in [0.1, 0.15) is 0 Å². The third kappa shape index (κ3) is 47.6. The Morgan fingerprint density at radius 2 is 0.306 bits per heavy atom. The summed E-state index contributed by atoms with van der Waals surface area (Å²) in [4.78, 5) is 0. The SMILES string of the molecule is CCCCCCCCCCCCCCCCOCCOCCOCCOCCOCCOCCOCCOCCOCCCCCCCC. The first kappa shape index (κ1) is 48.6. The summed E-state index contributed by atoms with van der Waals surface area (Å²) < 4.78 is 50.0. The molecule has 0 fully saturated rings. The molecule has 0 bridgehead atoms. The number of hydrogen-bond acceptors (Lipinski definition) is 9. The molecule has 9 heteroatoms. The van der Waals surface area contributed by atoms with Crippen LogP contribution in [-0.2, 0) is 42.6 Å². The fraction of sp³-hybridized carbons (Fsp3) is 1.00. The van der Waals surface area contributed by atoms with Crippen molar-refractivity contribution in [2.75, 3.05) is 119 Å². The lowest BCUT2D eigenvalue weighted by molar-refractivity contribution is -0.0250. The molecular formula is C40H82O9. The summed E-state index contributed by atoms with van der Waals surface area (Å²) in [6.07, 6.45) is 27.0. The summed E-state index contributed by atoms with van der Waals surface area (Å²) in [6, 6.07) is 0. The predicted octanol–water partition coefficient (Wildman–Crippen LogP) is 8.98. The quantitative estimate of drug-likeness (QED) is 0.0576. The van der Waals surface area contributed by atoms with Gasteiger partial charge in [-0.3, -0.25) is 0 Å². The Balaban J connectivity index is 3.04. The molecule has 0 aliphatic rings. The molecule has 0 rings (SSSR count). The molecule has 296 valence electrons. The van der Waals surface area contributed by atoms with Crippen LogP contribution in [0, 0.1) is 0 Å². The Labute approximate surface area is 303 Å². The summed E-state index contributed by atoms with van der Waals surface area (Å²) in [7, 11) is 0. The Bertz CT molecular complexity index is 510. The molecule has 0 aliphatic carbocycles. The lowest BCUT2D eigenvalue weighted by Crippen LogP contribution is -2.15. The highest BCUT2D eigenvalue weighted by molar-refractivity contribution is 4.50. The lowest BCUT2D eigenvalue weighted by atomic mass is 10.0. The second-order valence-electron chi connectivity index (χ2n) is 12.9. The van der Waals surface area contributed by atoms with Crippen LogP contribution in [0.5, 0.6) is 0 Å². The van der Waals surface area contributed by atoms with E-state index in [0.29, 0.717) is 106 Å². The third-order valence-electron chi connectivity index (χ3n) is 8.26. The predicted molar refractivity (Wildman–Crippen MR) is 201 cm³/mol. The van der Waals surface area contributed by atoms with Gasteiger partial charge in [0.15, 0.2) is 0 Å². The average molecular weight is 707 g/mol. The third-order valence-corrected chi connectivity index (χ3v) is 8.26. The summed E-state index contributed by atoms with van der Waals surface area (Å²) >= 11 is 0. The van der Waals surface area contributed by atoms with E-state index in [4.69, 9.17) is 42.6 Å². The maximum absolute atomic E-state index is 5.69. The van der Waals surface area contributed by atoms with Crippen LogP contribution in [0.3, 0.4) is 0 Å². The average Bonchev–Trinajstić information content (AvgIpc) is 3.11. The van der Waals surface area contributed by atoms with E-state index in [1.807, 2.05) is 0 Å². The first-order valence-corrected chi connectivity index (χ1v) is 20.6. The molecule has 9 nitrogen and oxygen atoms in total. The van der Waals surface area contributed by atoms with E-state index in [0.717, 1.165) is 26.1 Å². The fourth-order valence-electron chi connectivity index (χ4n) is 5.24. The molecule has 0 saturated carbocycles. The van der Waals surface area contributed by atoms with Gasteiger partial charge in [0, 0.05) is 13.2 Å². The summed E-state index contributed by atoms with van der Waals surface area (Å²) in [5.41, 5.74) is 0. The van der Waals surface area contributed by atoms with Crippen LogP contribution in [0.15, 0.2) is 0 Å². The first-order valence-electron chi connectivity index (χ1n) is 20.6. The molecule has 0 amide bonds. The van der Waals surface area contributed by atoms with Crippen LogP contribution in [0.2, 0.25) is 0 Å². The molecule has 0 aromatic rings. The zero-order valence-electron chi connectivity index (χ0n) is 32.5. The molecule has 0 saturated heterocycles. The topological polar surface area (TPSA) is 83.1 Å². The van der Waals surface area contributed by atoms with Crippen molar-refractivity contribution < 1.29 is 42.6 Å². The van der Waals surface area contributed by atoms with Crippen molar-refractivity contribution in [2.45, 2.75) is 142 Å². The smallest absolute Gasteiger partial charge is 0.0701 e. The molecule has 0 unspecified atom stereocenters. The molecule has 0 radical (unpaired) electrons. The summed E-state index contributed by atoms with van der Waals surface area (Å²) in [6.45, 7) is 15.5. The van der Waals surface area contributed by atoms with E-state index >= 15 is 0 Å². The Hall–Kier alpha value is -0.360. The van der Waals surface area contributed by atoms with E-state index in [2.05, 4.69) is 13.8 Å². The van der Waals surface area contributed by atoms with Crippen molar-refractivity contribution in [2.24, 2.45) is 0 Å². The van der Waals surface area contributed by atoms with Crippen LogP contribution in [0.25, 0.3) is 0 Å². The Morgan fingerprint density at radius 1 is 0.163 bits per heavy atom. The molecule has 0 atom stereocenters. The largest absolute Gasteiger partial charge is 0.379 e. The molecular weight excluding hydrogens is 624 g/mol. The lowest BCUT2D eigenvalue weighted by Gasteiger charge is -2.09. The monoisotopic (exact) mass is 707 g/mol. The van der Waals surface area contributed by atoms with Crippen LogP contribution < -0.4 is 0 Å². The zero-order chi connectivity index (χ0) is 35.2. The minimum atomic E-state index is 0.544. The Morgan fingerprint density at radius 3 is 0.490 bits per heavy atom. The number of rotatable bonds is 46. The molecule has 0 aliphatic heterocycles. The zero-order valence-corrected chi connectivity index (χ0v) is 32.5. The van der Waals surface area contributed by atoms with Gasteiger partial charge in [-0.25, -0.2) is 0 Å². The van der Waals surface area contributed by atoms with E-state index in [9.17, 15) is 0 Å². The molecule has 0 aromatic carbocycles. The van der Waals surface area contributed by atoms with Gasteiger partial charge in [-0.1, -0.05) is 129 Å². The highest BCUT2D eigenvalue weighted by atomic mass is 16.6. The maximum Gasteiger partial charge on any atom is 0.0701 e. The van der Waals surface area contributed by atoms with Crippen molar-refractivity contribution in [3.05, 3.63) is 0 Å². The van der Waals surface area contributed by atoms with Crippen LogP contribution in [0.1, 0.15) is 142 Å². The van der Waals surface area contributed by atoms with Gasteiger partial charge in [0.05, 0.1) is 106 Å². The van der Waals surface area contributed by atoms with Gasteiger partial charge in [0.2, 0.25) is 0 Å². The molecule has 0 spiro atoms. The second kappa shape index (κ2) is 47.6. The molecule has 0 heterocycles. The van der Waals surface area contributed by atoms with Gasteiger partial charge >= 0.3 is 0 Å².